The molecule has 4 bridgehead atoms. The number of hydrogen-bond acceptors (Lipinski definition) is 5. The normalized spacial score (nSPS) is 29.0. The summed E-state index contributed by atoms with van der Waals surface area (Å²) in [6, 6.07) is 8.63. The van der Waals surface area contributed by atoms with Crippen LogP contribution >= 0.6 is 0 Å². The number of nitrogens with zero attached hydrogens (tertiary/aromatic N) is 1. The van der Waals surface area contributed by atoms with Crippen molar-refractivity contribution in [2.75, 3.05) is 11.9 Å². The molecule has 0 radical (unpaired) electrons. The summed E-state index contributed by atoms with van der Waals surface area (Å²) in [6.07, 6.45) is 5.79. The summed E-state index contributed by atoms with van der Waals surface area (Å²) in [4.78, 5) is 37.4. The SMILES string of the molecule is C[C@@H](OC(=O)CCNC(=O)C12CC3CC(CC(C3)C1)C2)C(=O)Nc1ccccc1C#N. The van der Waals surface area contributed by atoms with Gasteiger partial charge in [0.25, 0.3) is 5.91 Å². The molecule has 4 aliphatic rings. The number of para-hydroxylation sites is 1. The first-order valence-corrected chi connectivity index (χ1v) is 11.2. The molecular formula is C24H29N3O4. The van der Waals surface area contributed by atoms with Crippen molar-refractivity contribution in [1.82, 2.24) is 5.32 Å². The number of ether oxygens (including phenoxy) is 1. The molecule has 0 saturated heterocycles. The van der Waals surface area contributed by atoms with Crippen molar-refractivity contribution < 1.29 is 19.1 Å². The molecule has 1 atom stereocenters. The zero-order chi connectivity index (χ0) is 22.0. The highest BCUT2D eigenvalue weighted by Gasteiger charge is 2.54. The molecule has 0 spiro atoms. The molecule has 2 N–H and O–H groups in total. The van der Waals surface area contributed by atoms with Crippen molar-refractivity contribution in [3.05, 3.63) is 29.8 Å². The van der Waals surface area contributed by atoms with Crippen LogP contribution in [-0.4, -0.2) is 30.4 Å². The van der Waals surface area contributed by atoms with Gasteiger partial charge in [0.1, 0.15) is 6.07 Å². The first-order valence-electron chi connectivity index (χ1n) is 11.2. The lowest BCUT2D eigenvalue weighted by molar-refractivity contribution is -0.153. The Morgan fingerprint density at radius 1 is 1.13 bits per heavy atom. The number of hydrogen-bond donors (Lipinski definition) is 2. The second-order valence-corrected chi connectivity index (χ2v) is 9.48. The Morgan fingerprint density at radius 3 is 2.35 bits per heavy atom. The molecule has 4 aliphatic carbocycles. The van der Waals surface area contributed by atoms with Crippen molar-refractivity contribution in [1.29, 1.82) is 5.26 Å². The van der Waals surface area contributed by atoms with E-state index in [0.717, 1.165) is 19.3 Å². The maximum absolute atomic E-state index is 12.9. The van der Waals surface area contributed by atoms with Crippen LogP contribution in [-0.2, 0) is 19.1 Å². The molecule has 0 heterocycles. The molecule has 1 aromatic rings. The lowest BCUT2D eigenvalue weighted by Crippen LogP contribution is -2.53. The van der Waals surface area contributed by atoms with Gasteiger partial charge >= 0.3 is 5.97 Å². The number of rotatable bonds is 7. The van der Waals surface area contributed by atoms with E-state index in [4.69, 9.17) is 10.00 Å². The van der Waals surface area contributed by atoms with Gasteiger partial charge in [-0.2, -0.15) is 5.26 Å². The third kappa shape index (κ3) is 4.58. The fourth-order valence-corrected chi connectivity index (χ4v) is 6.09. The van der Waals surface area contributed by atoms with Gasteiger partial charge in [-0.05, 0) is 75.3 Å². The van der Waals surface area contributed by atoms with Gasteiger partial charge in [0, 0.05) is 12.0 Å². The highest BCUT2D eigenvalue weighted by Crippen LogP contribution is 2.60. The number of nitriles is 1. The van der Waals surface area contributed by atoms with Crippen LogP contribution in [0.2, 0.25) is 0 Å². The number of esters is 1. The third-order valence-corrected chi connectivity index (χ3v) is 7.12. The maximum atomic E-state index is 12.9. The minimum Gasteiger partial charge on any atom is -0.452 e. The van der Waals surface area contributed by atoms with Crippen LogP contribution in [0.4, 0.5) is 5.69 Å². The van der Waals surface area contributed by atoms with E-state index in [9.17, 15) is 14.4 Å². The van der Waals surface area contributed by atoms with E-state index in [1.807, 2.05) is 6.07 Å². The zero-order valence-electron chi connectivity index (χ0n) is 17.9. The Balaban J connectivity index is 1.22. The summed E-state index contributed by atoms with van der Waals surface area (Å²) in [5.74, 6) is 1.10. The zero-order valence-corrected chi connectivity index (χ0v) is 17.9. The van der Waals surface area contributed by atoms with E-state index in [1.165, 1.54) is 26.2 Å². The molecule has 7 heteroatoms. The number of carbonyl (C=O) groups is 3. The Morgan fingerprint density at radius 2 is 1.74 bits per heavy atom. The topological polar surface area (TPSA) is 108 Å². The van der Waals surface area contributed by atoms with Crippen molar-refractivity contribution in [3.63, 3.8) is 0 Å². The Hall–Kier alpha value is -2.88. The van der Waals surface area contributed by atoms with E-state index in [-0.39, 0.29) is 24.3 Å². The van der Waals surface area contributed by atoms with Gasteiger partial charge in [0.2, 0.25) is 5.91 Å². The molecule has 31 heavy (non-hydrogen) atoms. The average Bonchev–Trinajstić information content (AvgIpc) is 2.73. The summed E-state index contributed by atoms with van der Waals surface area (Å²) in [5.41, 5.74) is 0.475. The van der Waals surface area contributed by atoms with Crippen LogP contribution < -0.4 is 10.6 Å². The lowest BCUT2D eigenvalue weighted by Gasteiger charge is -2.55. The van der Waals surface area contributed by atoms with E-state index in [1.54, 1.807) is 24.3 Å². The van der Waals surface area contributed by atoms with E-state index < -0.39 is 18.0 Å². The fraction of sp³-hybridized carbons (Fsp3) is 0.583. The molecule has 164 valence electrons. The summed E-state index contributed by atoms with van der Waals surface area (Å²) in [6.45, 7) is 1.70. The van der Waals surface area contributed by atoms with Crippen LogP contribution in [0.3, 0.4) is 0 Å². The highest BCUT2D eigenvalue weighted by molar-refractivity contribution is 5.96. The third-order valence-electron chi connectivity index (χ3n) is 7.12. The summed E-state index contributed by atoms with van der Waals surface area (Å²) >= 11 is 0. The fourth-order valence-electron chi connectivity index (χ4n) is 6.09. The smallest absolute Gasteiger partial charge is 0.308 e. The molecule has 2 amide bonds. The second-order valence-electron chi connectivity index (χ2n) is 9.48. The van der Waals surface area contributed by atoms with Gasteiger partial charge in [-0.3, -0.25) is 14.4 Å². The standard InChI is InChI=1S/C24H29N3O4/c1-15(22(29)27-20-5-3-2-4-19(20)14-25)31-21(28)6-7-26-23(30)24-11-16-8-17(12-24)10-18(9-16)13-24/h2-5,15-18H,6-13H2,1H3,(H,26,30)(H,27,29)/t15-,16?,17?,18?,24?/m1/s1. The summed E-state index contributed by atoms with van der Waals surface area (Å²) < 4.78 is 5.20. The number of carbonyl (C=O) groups excluding carboxylic acids is 3. The first-order chi connectivity index (χ1) is 14.9. The molecule has 7 nitrogen and oxygen atoms in total. The second kappa shape index (κ2) is 8.70. The Labute approximate surface area is 182 Å². The number of benzene rings is 1. The van der Waals surface area contributed by atoms with E-state index >= 15 is 0 Å². The summed E-state index contributed by atoms with van der Waals surface area (Å²) in [5, 5.41) is 14.7. The predicted octanol–water partition coefficient (Wildman–Crippen LogP) is 3.15. The van der Waals surface area contributed by atoms with Gasteiger partial charge < -0.3 is 15.4 Å². The van der Waals surface area contributed by atoms with Crippen LogP contribution in [0.15, 0.2) is 24.3 Å². The highest BCUT2D eigenvalue weighted by atomic mass is 16.5. The average molecular weight is 424 g/mol. The maximum Gasteiger partial charge on any atom is 0.308 e. The number of amides is 2. The Bertz CT molecular complexity index is 884. The predicted molar refractivity (Wildman–Crippen MR) is 114 cm³/mol. The largest absolute Gasteiger partial charge is 0.452 e. The van der Waals surface area contributed by atoms with Gasteiger partial charge in [0.15, 0.2) is 6.10 Å². The van der Waals surface area contributed by atoms with Crippen molar-refractivity contribution >= 4 is 23.5 Å². The summed E-state index contributed by atoms with van der Waals surface area (Å²) in [7, 11) is 0. The van der Waals surface area contributed by atoms with E-state index in [0.29, 0.717) is 29.0 Å². The van der Waals surface area contributed by atoms with Crippen molar-refractivity contribution in [2.45, 2.75) is 58.0 Å². The molecule has 1 aromatic carbocycles. The quantitative estimate of drug-likeness (QED) is 0.655. The minimum atomic E-state index is -1.00. The van der Waals surface area contributed by atoms with Crippen LogP contribution in [0, 0.1) is 34.5 Å². The lowest BCUT2D eigenvalue weighted by atomic mass is 9.49. The van der Waals surface area contributed by atoms with Crippen molar-refractivity contribution in [2.24, 2.45) is 23.2 Å². The minimum absolute atomic E-state index is 0.0184. The van der Waals surface area contributed by atoms with Gasteiger partial charge in [-0.25, -0.2) is 0 Å². The molecule has 0 aromatic heterocycles. The Kier molecular flexibility index (Phi) is 5.99. The molecule has 4 fully saturated rings. The molecular weight excluding hydrogens is 394 g/mol. The van der Waals surface area contributed by atoms with Gasteiger partial charge in [0.05, 0.1) is 17.7 Å². The van der Waals surface area contributed by atoms with Crippen LogP contribution in [0.1, 0.15) is 57.4 Å². The molecule has 0 unspecified atom stereocenters. The van der Waals surface area contributed by atoms with Crippen molar-refractivity contribution in [3.8, 4) is 6.07 Å². The number of nitrogens with one attached hydrogen (secondary N) is 2. The van der Waals surface area contributed by atoms with Crippen LogP contribution in [0.5, 0.6) is 0 Å². The van der Waals surface area contributed by atoms with Gasteiger partial charge in [-0.1, -0.05) is 12.1 Å². The van der Waals surface area contributed by atoms with Gasteiger partial charge in [-0.15, -0.1) is 0 Å². The first kappa shape index (κ1) is 21.4. The molecule has 5 rings (SSSR count). The van der Waals surface area contributed by atoms with Crippen LogP contribution in [0.25, 0.3) is 0 Å². The molecule has 4 saturated carbocycles. The van der Waals surface area contributed by atoms with E-state index in [2.05, 4.69) is 10.6 Å². The molecule has 0 aliphatic heterocycles. The monoisotopic (exact) mass is 423 g/mol. The number of anilines is 1.